The molecule has 0 aromatic carbocycles. The van der Waals surface area contributed by atoms with Crippen LogP contribution < -0.4 is 0 Å². The third-order valence-corrected chi connectivity index (χ3v) is 5.05. The van der Waals surface area contributed by atoms with Gasteiger partial charge in [0.05, 0.1) is 5.02 Å². The highest BCUT2D eigenvalue weighted by molar-refractivity contribution is 7.13. The molecule has 5 heteroatoms. The van der Waals surface area contributed by atoms with Gasteiger partial charge in [0, 0.05) is 18.5 Å². The molecule has 0 N–H and O–H groups in total. The predicted molar refractivity (Wildman–Crippen MR) is 73.5 cm³/mol. The minimum absolute atomic E-state index is 0.0402. The maximum atomic E-state index is 12.4. The Bertz CT molecular complexity index is 415. The summed E-state index contributed by atoms with van der Waals surface area (Å²) in [6, 6.07) is 0.361. The number of nitrogens with zero attached hydrogens (tertiary/aromatic N) is 1. The summed E-state index contributed by atoms with van der Waals surface area (Å²) in [5.74, 6) is 0.517. The molecule has 0 bridgehead atoms. The minimum Gasteiger partial charge on any atom is -0.334 e. The van der Waals surface area contributed by atoms with Crippen LogP contribution in [0.25, 0.3) is 0 Å². The molecule has 0 atom stereocenters. The fraction of sp³-hybridized carbons (Fsp3) is 0.583. The van der Waals surface area contributed by atoms with Crippen molar-refractivity contribution in [2.75, 3.05) is 12.4 Å². The molecule has 2 rings (SSSR count). The van der Waals surface area contributed by atoms with Crippen LogP contribution in [-0.2, 0) is 0 Å². The minimum atomic E-state index is 0.0402. The summed E-state index contributed by atoms with van der Waals surface area (Å²) < 4.78 is 0. The second-order valence-electron chi connectivity index (χ2n) is 4.33. The first-order chi connectivity index (χ1) is 8.15. The van der Waals surface area contributed by atoms with Crippen LogP contribution in [-0.4, -0.2) is 29.3 Å². The molecule has 94 valence electrons. The lowest BCUT2D eigenvalue weighted by atomic mass is 9.91. The van der Waals surface area contributed by atoms with Crippen LogP contribution in [0.5, 0.6) is 0 Å². The van der Waals surface area contributed by atoms with Gasteiger partial charge in [0.25, 0.3) is 5.91 Å². The first kappa shape index (κ1) is 13.2. The Morgan fingerprint density at radius 1 is 1.59 bits per heavy atom. The zero-order chi connectivity index (χ0) is 12.4. The van der Waals surface area contributed by atoms with E-state index in [2.05, 4.69) is 0 Å². The fourth-order valence-electron chi connectivity index (χ4n) is 1.94. The Balaban J connectivity index is 2.18. The van der Waals surface area contributed by atoms with E-state index in [9.17, 15) is 4.79 Å². The van der Waals surface area contributed by atoms with Gasteiger partial charge in [0.2, 0.25) is 0 Å². The summed E-state index contributed by atoms with van der Waals surface area (Å²) in [7, 11) is 0. The second-order valence-corrected chi connectivity index (χ2v) is 5.97. The molecule has 1 saturated carbocycles. The Morgan fingerprint density at radius 3 is 2.71 bits per heavy atom. The van der Waals surface area contributed by atoms with Crippen molar-refractivity contribution < 1.29 is 4.79 Å². The molecular formula is C12H15Cl2NOS. The number of aryl methyl sites for hydroxylation is 1. The summed E-state index contributed by atoms with van der Waals surface area (Å²) in [6.45, 7) is 2.53. The molecule has 0 unspecified atom stereocenters. The number of carbonyl (C=O) groups is 1. The third-order valence-electron chi connectivity index (χ3n) is 3.20. The van der Waals surface area contributed by atoms with Gasteiger partial charge < -0.3 is 4.90 Å². The number of alkyl halides is 1. The molecule has 1 aromatic heterocycles. The lowest BCUT2D eigenvalue weighted by molar-refractivity contribution is 0.0603. The average molecular weight is 292 g/mol. The number of hydrogen-bond acceptors (Lipinski definition) is 2. The van der Waals surface area contributed by atoms with Gasteiger partial charge in [-0.25, -0.2) is 0 Å². The molecule has 1 amide bonds. The molecule has 0 spiro atoms. The van der Waals surface area contributed by atoms with Gasteiger partial charge in [-0.1, -0.05) is 11.6 Å². The van der Waals surface area contributed by atoms with Crippen molar-refractivity contribution in [3.63, 3.8) is 0 Å². The van der Waals surface area contributed by atoms with E-state index in [-0.39, 0.29) is 5.91 Å². The number of amides is 1. The van der Waals surface area contributed by atoms with E-state index >= 15 is 0 Å². The lowest BCUT2D eigenvalue weighted by Crippen LogP contribution is -2.45. The van der Waals surface area contributed by atoms with E-state index in [1.165, 1.54) is 17.8 Å². The first-order valence-electron chi connectivity index (χ1n) is 5.75. The van der Waals surface area contributed by atoms with Crippen LogP contribution in [0.1, 0.15) is 34.5 Å². The van der Waals surface area contributed by atoms with E-state index in [4.69, 9.17) is 23.2 Å². The molecular weight excluding hydrogens is 277 g/mol. The highest BCUT2D eigenvalue weighted by Gasteiger charge is 2.30. The van der Waals surface area contributed by atoms with Gasteiger partial charge in [-0.05, 0) is 37.1 Å². The molecule has 1 aliphatic rings. The van der Waals surface area contributed by atoms with Gasteiger partial charge in [0.1, 0.15) is 4.88 Å². The van der Waals surface area contributed by atoms with Gasteiger partial charge in [-0.3, -0.25) is 4.79 Å². The normalized spacial score (nSPS) is 15.7. The van der Waals surface area contributed by atoms with E-state index in [0.717, 1.165) is 18.4 Å². The van der Waals surface area contributed by atoms with Crippen molar-refractivity contribution in [3.8, 4) is 0 Å². The van der Waals surface area contributed by atoms with Gasteiger partial charge in [-0.15, -0.1) is 22.9 Å². The van der Waals surface area contributed by atoms with Crippen molar-refractivity contribution in [1.82, 2.24) is 4.90 Å². The van der Waals surface area contributed by atoms with Crippen LogP contribution in [0.2, 0.25) is 5.02 Å². The van der Waals surface area contributed by atoms with Crippen molar-refractivity contribution >= 4 is 40.4 Å². The van der Waals surface area contributed by atoms with Gasteiger partial charge in [-0.2, -0.15) is 0 Å². The van der Waals surface area contributed by atoms with E-state index in [1.807, 2.05) is 17.2 Å². The van der Waals surface area contributed by atoms with Crippen LogP contribution in [0, 0.1) is 6.92 Å². The summed E-state index contributed by atoms with van der Waals surface area (Å²) in [4.78, 5) is 14.9. The monoisotopic (exact) mass is 291 g/mol. The predicted octanol–water partition coefficient (Wildman–Crippen LogP) is 3.94. The van der Waals surface area contributed by atoms with Crippen LogP contribution in [0.3, 0.4) is 0 Å². The molecule has 0 aliphatic heterocycles. The van der Waals surface area contributed by atoms with Gasteiger partial charge in [0.15, 0.2) is 0 Å². The number of carbonyl (C=O) groups excluding carboxylic acids is 1. The Hall–Kier alpha value is -0.250. The molecule has 1 fully saturated rings. The maximum absolute atomic E-state index is 12.4. The van der Waals surface area contributed by atoms with Crippen LogP contribution in [0.4, 0.5) is 0 Å². The maximum Gasteiger partial charge on any atom is 0.265 e. The smallest absolute Gasteiger partial charge is 0.265 e. The standard InChI is InChI=1S/C12H15Cl2NOS/c1-8-7-17-11(10(8)14)12(16)15(6-5-13)9-3-2-4-9/h7,9H,2-6H2,1H3. The largest absolute Gasteiger partial charge is 0.334 e. The number of halogens is 2. The van der Waals surface area contributed by atoms with Crippen molar-refractivity contribution in [2.45, 2.75) is 32.2 Å². The highest BCUT2D eigenvalue weighted by Crippen LogP contribution is 2.32. The summed E-state index contributed by atoms with van der Waals surface area (Å²) in [5.41, 5.74) is 0.972. The zero-order valence-corrected chi connectivity index (χ0v) is 12.0. The fourth-order valence-corrected chi connectivity index (χ4v) is 3.35. The Labute approximate surface area is 116 Å². The molecule has 17 heavy (non-hydrogen) atoms. The molecule has 1 aliphatic carbocycles. The quantitative estimate of drug-likeness (QED) is 0.770. The average Bonchev–Trinajstić information content (AvgIpc) is 2.56. The zero-order valence-electron chi connectivity index (χ0n) is 9.71. The molecule has 0 saturated heterocycles. The highest BCUT2D eigenvalue weighted by atomic mass is 35.5. The molecule has 0 radical (unpaired) electrons. The topological polar surface area (TPSA) is 20.3 Å². The van der Waals surface area contributed by atoms with Crippen molar-refractivity contribution in [1.29, 1.82) is 0 Å². The van der Waals surface area contributed by atoms with Crippen LogP contribution >= 0.6 is 34.5 Å². The summed E-state index contributed by atoms with van der Waals surface area (Å²) >= 11 is 13.3. The SMILES string of the molecule is Cc1csc(C(=O)N(CCCl)C2CCC2)c1Cl. The Kier molecular flexibility index (Phi) is 4.34. The lowest BCUT2D eigenvalue weighted by Gasteiger charge is -2.37. The van der Waals surface area contributed by atoms with E-state index < -0.39 is 0 Å². The van der Waals surface area contributed by atoms with Crippen molar-refractivity contribution in [2.24, 2.45) is 0 Å². The number of thiophene rings is 1. The second kappa shape index (κ2) is 5.59. The van der Waals surface area contributed by atoms with Crippen LogP contribution in [0.15, 0.2) is 5.38 Å². The first-order valence-corrected chi connectivity index (χ1v) is 7.55. The summed E-state index contributed by atoms with van der Waals surface area (Å²) in [6.07, 6.45) is 3.38. The van der Waals surface area contributed by atoms with Gasteiger partial charge >= 0.3 is 0 Å². The van der Waals surface area contributed by atoms with Crippen molar-refractivity contribution in [3.05, 3.63) is 20.8 Å². The molecule has 2 nitrogen and oxygen atoms in total. The number of rotatable bonds is 4. The third kappa shape index (κ3) is 2.61. The number of hydrogen-bond donors (Lipinski definition) is 0. The summed E-state index contributed by atoms with van der Waals surface area (Å²) in [5, 5.41) is 2.52. The Morgan fingerprint density at radius 2 is 2.29 bits per heavy atom. The van der Waals surface area contributed by atoms with E-state index in [0.29, 0.717) is 28.4 Å². The molecule has 1 heterocycles. The van der Waals surface area contributed by atoms with E-state index in [1.54, 1.807) is 0 Å². The molecule has 1 aromatic rings.